The molecule has 2 unspecified atom stereocenters. The van der Waals surface area contributed by atoms with Crippen LogP contribution in [0.15, 0.2) is 36.4 Å². The lowest BCUT2D eigenvalue weighted by Crippen LogP contribution is -2.25. The minimum absolute atomic E-state index is 0.0632. The van der Waals surface area contributed by atoms with Crippen molar-refractivity contribution >= 4 is 0 Å². The van der Waals surface area contributed by atoms with Gasteiger partial charge in [0.05, 0.1) is 0 Å². The summed E-state index contributed by atoms with van der Waals surface area (Å²) in [5, 5.41) is 0. The Hall–Kier alpha value is -2.51. The van der Waals surface area contributed by atoms with Crippen LogP contribution in [0.1, 0.15) is 43.2 Å². The normalized spacial score (nSPS) is 19.4. The monoisotopic (exact) mass is 418 g/mol. The van der Waals surface area contributed by atoms with Gasteiger partial charge in [-0.05, 0) is 36.8 Å². The molecule has 0 amide bonds. The molecule has 0 N–H and O–H groups in total. The fraction of sp³-hybridized carbons (Fsp3) is 0.333. The lowest BCUT2D eigenvalue weighted by molar-refractivity contribution is -0.188. The number of benzene rings is 2. The number of allylic oxidation sites excluding steroid dienone is 2. The van der Waals surface area contributed by atoms with E-state index in [4.69, 9.17) is 0 Å². The van der Waals surface area contributed by atoms with Gasteiger partial charge in [0.15, 0.2) is 29.1 Å². The molecule has 0 aliphatic heterocycles. The van der Waals surface area contributed by atoms with Crippen molar-refractivity contribution in [3.63, 3.8) is 0 Å². The second kappa shape index (κ2) is 8.08. The Morgan fingerprint density at radius 1 is 0.897 bits per heavy atom. The molecule has 29 heavy (non-hydrogen) atoms. The Kier molecular flexibility index (Phi) is 5.91. The van der Waals surface area contributed by atoms with Gasteiger partial charge in [0.2, 0.25) is 0 Å². The topological polar surface area (TPSA) is 9.23 Å². The minimum Gasteiger partial charge on any atom is -0.429 e. The van der Waals surface area contributed by atoms with Crippen LogP contribution in [0.4, 0.5) is 30.7 Å². The molecule has 0 saturated carbocycles. The van der Waals surface area contributed by atoms with Crippen LogP contribution in [-0.2, 0) is 6.11 Å². The van der Waals surface area contributed by atoms with Crippen LogP contribution in [0, 0.1) is 35.0 Å². The highest BCUT2D eigenvalue weighted by molar-refractivity contribution is 5.34. The summed E-state index contributed by atoms with van der Waals surface area (Å²) in [6.45, 7) is 2.01. The van der Waals surface area contributed by atoms with Crippen LogP contribution in [0.3, 0.4) is 0 Å². The van der Waals surface area contributed by atoms with Gasteiger partial charge < -0.3 is 4.74 Å². The molecule has 3 rings (SSSR count). The maximum atomic E-state index is 14.5. The molecule has 1 aliphatic rings. The Morgan fingerprint density at radius 3 is 2.10 bits per heavy atom. The summed E-state index contributed by atoms with van der Waals surface area (Å²) in [6.07, 6.45) is 1.40. The molecule has 0 bridgehead atoms. The predicted molar refractivity (Wildman–Crippen MR) is 92.1 cm³/mol. The number of halogens is 7. The summed E-state index contributed by atoms with van der Waals surface area (Å²) < 4.78 is 101. The van der Waals surface area contributed by atoms with E-state index in [-0.39, 0.29) is 17.7 Å². The van der Waals surface area contributed by atoms with Crippen LogP contribution in [0.2, 0.25) is 0 Å². The third kappa shape index (κ3) is 4.26. The van der Waals surface area contributed by atoms with Crippen molar-refractivity contribution in [2.45, 2.75) is 38.2 Å². The first kappa shape index (κ1) is 21.2. The number of ether oxygens (including phenoxy) is 1. The van der Waals surface area contributed by atoms with Crippen LogP contribution in [0.25, 0.3) is 0 Å². The van der Waals surface area contributed by atoms with Crippen LogP contribution in [-0.4, -0.2) is 0 Å². The number of hydrogen-bond acceptors (Lipinski definition) is 1. The number of rotatable bonds is 5. The summed E-state index contributed by atoms with van der Waals surface area (Å²) in [7, 11) is 0. The lowest BCUT2D eigenvalue weighted by atomic mass is 9.83. The van der Waals surface area contributed by atoms with Gasteiger partial charge in [-0.25, -0.2) is 22.0 Å². The Balaban J connectivity index is 1.90. The first-order valence-corrected chi connectivity index (χ1v) is 9.02. The SMILES string of the molecule is CCC1C=CC(c2ccc(C(F)(F)Oc3cc(F)c(F)c(F)c3)c(F)c2F)CC1. The average Bonchev–Trinajstić information content (AvgIpc) is 2.67. The van der Waals surface area contributed by atoms with Gasteiger partial charge in [0.25, 0.3) is 0 Å². The summed E-state index contributed by atoms with van der Waals surface area (Å²) in [5.74, 6) is -9.82. The third-order valence-corrected chi connectivity index (χ3v) is 5.02. The highest BCUT2D eigenvalue weighted by Gasteiger charge is 2.40. The van der Waals surface area contributed by atoms with Crippen molar-refractivity contribution in [3.05, 3.63) is 76.6 Å². The smallest absolute Gasteiger partial charge is 0.429 e. The first-order chi connectivity index (χ1) is 13.6. The molecule has 0 spiro atoms. The molecular weight excluding hydrogens is 401 g/mol. The maximum Gasteiger partial charge on any atom is 0.429 e. The molecule has 1 nitrogen and oxygen atoms in total. The summed E-state index contributed by atoms with van der Waals surface area (Å²) in [5.41, 5.74) is -1.50. The van der Waals surface area contributed by atoms with Gasteiger partial charge in [-0.1, -0.05) is 25.1 Å². The van der Waals surface area contributed by atoms with Gasteiger partial charge in [0.1, 0.15) is 11.3 Å². The Bertz CT molecular complexity index is 916. The van der Waals surface area contributed by atoms with E-state index in [1.54, 1.807) is 6.08 Å². The van der Waals surface area contributed by atoms with Gasteiger partial charge in [-0.3, -0.25) is 0 Å². The van der Waals surface area contributed by atoms with Gasteiger partial charge in [0, 0.05) is 18.1 Å². The van der Waals surface area contributed by atoms with Gasteiger partial charge in [-0.2, -0.15) is 8.78 Å². The minimum atomic E-state index is -4.45. The van der Waals surface area contributed by atoms with E-state index in [9.17, 15) is 30.7 Å². The molecule has 0 saturated heterocycles. The van der Waals surface area contributed by atoms with Gasteiger partial charge >= 0.3 is 6.11 Å². The van der Waals surface area contributed by atoms with Crippen molar-refractivity contribution in [2.75, 3.05) is 0 Å². The van der Waals surface area contributed by atoms with E-state index < -0.39 is 52.4 Å². The maximum absolute atomic E-state index is 14.5. The quantitative estimate of drug-likeness (QED) is 0.289. The third-order valence-electron chi connectivity index (χ3n) is 5.02. The summed E-state index contributed by atoms with van der Waals surface area (Å²) in [6, 6.07) is 2.08. The Labute approximate surface area is 162 Å². The number of alkyl halides is 2. The molecule has 8 heteroatoms. The molecule has 0 heterocycles. The van der Waals surface area contributed by atoms with E-state index >= 15 is 0 Å². The molecule has 2 aromatic rings. The second-order valence-electron chi connectivity index (χ2n) is 6.89. The van der Waals surface area contributed by atoms with E-state index in [2.05, 4.69) is 4.74 Å². The summed E-state index contributed by atoms with van der Waals surface area (Å²) in [4.78, 5) is 0. The molecule has 1 aliphatic carbocycles. The van der Waals surface area contributed by atoms with Crippen molar-refractivity contribution in [3.8, 4) is 5.75 Å². The molecule has 0 fully saturated rings. The largest absolute Gasteiger partial charge is 0.429 e. The second-order valence-corrected chi connectivity index (χ2v) is 6.89. The zero-order chi connectivity index (χ0) is 21.3. The highest BCUT2D eigenvalue weighted by Crippen LogP contribution is 2.38. The first-order valence-electron chi connectivity index (χ1n) is 9.02. The average molecular weight is 418 g/mol. The molecule has 0 radical (unpaired) electrons. The van der Waals surface area contributed by atoms with Crippen LogP contribution in [0.5, 0.6) is 5.75 Å². The molecule has 2 atom stereocenters. The number of hydrogen-bond donors (Lipinski definition) is 0. The zero-order valence-electron chi connectivity index (χ0n) is 15.3. The van der Waals surface area contributed by atoms with Crippen molar-refractivity contribution in [2.24, 2.45) is 5.92 Å². The predicted octanol–water partition coefficient (Wildman–Crippen LogP) is 6.97. The zero-order valence-corrected chi connectivity index (χ0v) is 15.3. The van der Waals surface area contributed by atoms with Crippen molar-refractivity contribution in [1.82, 2.24) is 0 Å². The Morgan fingerprint density at radius 2 is 1.55 bits per heavy atom. The van der Waals surface area contributed by atoms with Crippen molar-refractivity contribution < 1.29 is 35.5 Å². The van der Waals surface area contributed by atoms with Crippen LogP contribution >= 0.6 is 0 Å². The van der Waals surface area contributed by atoms with E-state index in [1.807, 2.05) is 13.0 Å². The van der Waals surface area contributed by atoms with E-state index in [1.165, 1.54) is 0 Å². The summed E-state index contributed by atoms with van der Waals surface area (Å²) >= 11 is 0. The molecule has 2 aromatic carbocycles. The standard InChI is InChI=1S/C21H17F7O/c1-2-11-3-5-12(6-4-11)14-7-8-15(19(25)18(14)24)21(27,28)29-13-9-16(22)20(26)17(23)10-13/h3,5,7-12H,2,4,6H2,1H3. The molecular formula is C21H17F7O. The van der Waals surface area contributed by atoms with E-state index in [0.29, 0.717) is 18.4 Å². The molecule has 156 valence electrons. The van der Waals surface area contributed by atoms with E-state index in [0.717, 1.165) is 18.9 Å². The fourth-order valence-electron chi connectivity index (χ4n) is 3.35. The lowest BCUT2D eigenvalue weighted by Gasteiger charge is -2.24. The van der Waals surface area contributed by atoms with Gasteiger partial charge in [-0.15, -0.1) is 0 Å². The van der Waals surface area contributed by atoms with Crippen molar-refractivity contribution in [1.29, 1.82) is 0 Å². The fourth-order valence-corrected chi connectivity index (χ4v) is 3.35. The van der Waals surface area contributed by atoms with Crippen LogP contribution < -0.4 is 4.74 Å². The molecule has 0 aromatic heterocycles. The highest BCUT2D eigenvalue weighted by atomic mass is 19.3.